The molecular weight excluding hydrogens is 636 g/mol. The summed E-state index contributed by atoms with van der Waals surface area (Å²) >= 11 is 0. The van der Waals surface area contributed by atoms with Gasteiger partial charge in [-0.1, -0.05) is 45.4 Å². The summed E-state index contributed by atoms with van der Waals surface area (Å²) in [5.74, 6) is -2.54. The van der Waals surface area contributed by atoms with Crippen molar-refractivity contribution in [1.29, 1.82) is 0 Å². The molecule has 13 nitrogen and oxygen atoms in total. The van der Waals surface area contributed by atoms with Crippen molar-refractivity contribution in [3.8, 4) is 0 Å². The molecule has 0 aromatic carbocycles. The summed E-state index contributed by atoms with van der Waals surface area (Å²) in [5.41, 5.74) is -1.54. The lowest BCUT2D eigenvalue weighted by Crippen LogP contribution is -2.64. The average molecular weight is 695 g/mol. The Morgan fingerprint density at radius 1 is 0.833 bits per heavy atom. The number of urea groups is 1. The topological polar surface area (TPSA) is 174 Å². The molecular formula is C34H58N6O7S. The molecule has 2 atom stereocenters. The Morgan fingerprint density at radius 2 is 1.42 bits per heavy atom. The predicted octanol–water partition coefficient (Wildman–Crippen LogP) is 2.73. The highest BCUT2D eigenvalue weighted by molar-refractivity contribution is 7.89. The summed E-state index contributed by atoms with van der Waals surface area (Å²) in [5, 5.41) is 11.2. The molecule has 0 unspecified atom stereocenters. The molecule has 4 rings (SSSR count). The Labute approximate surface area is 286 Å². The fourth-order valence-corrected chi connectivity index (χ4v) is 10.6. The van der Waals surface area contributed by atoms with Crippen molar-refractivity contribution in [3.05, 3.63) is 0 Å². The number of carbonyl (C=O) groups is 5. The second kappa shape index (κ2) is 15.9. The van der Waals surface area contributed by atoms with Gasteiger partial charge in [0.2, 0.25) is 27.6 Å². The van der Waals surface area contributed by atoms with E-state index in [0.717, 1.165) is 64.2 Å². The van der Waals surface area contributed by atoms with Crippen LogP contribution < -0.4 is 21.3 Å². The Kier molecular flexibility index (Phi) is 12.6. The van der Waals surface area contributed by atoms with Crippen molar-refractivity contribution in [2.45, 2.75) is 160 Å². The van der Waals surface area contributed by atoms with Gasteiger partial charge < -0.3 is 26.2 Å². The molecule has 14 heteroatoms. The molecule has 0 aromatic rings. The zero-order valence-corrected chi connectivity index (χ0v) is 30.4. The highest BCUT2D eigenvalue weighted by Crippen LogP contribution is 2.40. The standard InChI is InChI=1S/C34H58N6O7S/c1-23(2)40(24(3)4)48(46,47)22-34(18-10-7-11-19-34)38-32(45)37-28(33(5)16-8-6-9-17-33)31(44)39-20-12-13-26(39)29(42)35-21-27(41)30(43)36-25-14-15-25/h23-26,28H,6-22H2,1-5H3,(H,35,42)(H,36,43)(H2,37,38,45)/t26-,28+/m0/s1. The first-order valence-corrected chi connectivity index (χ1v) is 19.7. The van der Waals surface area contributed by atoms with Crippen LogP contribution in [0, 0.1) is 5.41 Å². The average Bonchev–Trinajstić information content (AvgIpc) is 3.68. The molecule has 1 saturated heterocycles. The summed E-state index contributed by atoms with van der Waals surface area (Å²) in [4.78, 5) is 67.5. The number of likely N-dealkylation sites (tertiary alicyclic amines) is 1. The van der Waals surface area contributed by atoms with Gasteiger partial charge in [0.15, 0.2) is 0 Å². The second-order valence-corrected chi connectivity index (χ2v) is 17.3. The Morgan fingerprint density at radius 3 is 1.98 bits per heavy atom. The van der Waals surface area contributed by atoms with Crippen LogP contribution in [-0.4, -0.2) is 102 Å². The van der Waals surface area contributed by atoms with E-state index in [9.17, 15) is 32.4 Å². The summed E-state index contributed by atoms with van der Waals surface area (Å²) in [6.45, 7) is 9.27. The Hall–Kier alpha value is -2.74. The molecule has 4 N–H and O–H groups in total. The van der Waals surface area contributed by atoms with Crippen molar-refractivity contribution in [2.75, 3.05) is 18.8 Å². The van der Waals surface area contributed by atoms with Gasteiger partial charge in [0.05, 0.1) is 17.8 Å². The van der Waals surface area contributed by atoms with Crippen LogP contribution >= 0.6 is 0 Å². The molecule has 1 aliphatic heterocycles. The van der Waals surface area contributed by atoms with Gasteiger partial charge in [-0.3, -0.25) is 19.2 Å². The quantitative estimate of drug-likeness (QED) is 0.202. The number of rotatable bonds is 14. The van der Waals surface area contributed by atoms with Crippen LogP contribution in [0.3, 0.4) is 0 Å². The molecule has 4 aliphatic rings. The number of hydrogen-bond donors (Lipinski definition) is 4. The number of sulfonamides is 1. The zero-order valence-electron chi connectivity index (χ0n) is 29.6. The van der Waals surface area contributed by atoms with Gasteiger partial charge in [0, 0.05) is 24.7 Å². The predicted molar refractivity (Wildman–Crippen MR) is 182 cm³/mol. The van der Waals surface area contributed by atoms with Crippen LogP contribution in [0.1, 0.15) is 125 Å². The number of ketones is 1. The lowest BCUT2D eigenvalue weighted by atomic mass is 9.70. The third-order valence-electron chi connectivity index (χ3n) is 10.6. The van der Waals surface area contributed by atoms with Crippen molar-refractivity contribution in [2.24, 2.45) is 5.41 Å². The molecule has 5 amide bonds. The molecule has 0 bridgehead atoms. The maximum absolute atomic E-state index is 14.4. The first-order chi connectivity index (χ1) is 22.6. The summed E-state index contributed by atoms with van der Waals surface area (Å²) < 4.78 is 29.0. The van der Waals surface area contributed by atoms with Gasteiger partial charge in [0.1, 0.15) is 12.1 Å². The fraction of sp³-hybridized carbons (Fsp3) is 0.853. The lowest BCUT2D eigenvalue weighted by Gasteiger charge is -2.44. The van der Waals surface area contributed by atoms with Crippen LogP contribution in [0.2, 0.25) is 0 Å². The van der Waals surface area contributed by atoms with E-state index in [4.69, 9.17) is 0 Å². The van der Waals surface area contributed by atoms with E-state index >= 15 is 0 Å². The monoisotopic (exact) mass is 694 g/mol. The molecule has 48 heavy (non-hydrogen) atoms. The second-order valence-electron chi connectivity index (χ2n) is 15.4. The summed E-state index contributed by atoms with van der Waals surface area (Å²) in [6.07, 6.45) is 10.5. The van der Waals surface area contributed by atoms with E-state index in [1.165, 1.54) is 9.21 Å². The van der Waals surface area contributed by atoms with E-state index in [1.807, 2.05) is 34.6 Å². The van der Waals surface area contributed by atoms with Crippen molar-refractivity contribution < 1.29 is 32.4 Å². The number of nitrogens with one attached hydrogen (secondary N) is 4. The Balaban J connectivity index is 1.50. The van der Waals surface area contributed by atoms with Gasteiger partial charge in [-0.2, -0.15) is 4.31 Å². The number of amides is 5. The van der Waals surface area contributed by atoms with Crippen molar-refractivity contribution in [3.63, 3.8) is 0 Å². The maximum Gasteiger partial charge on any atom is 0.315 e. The number of nitrogens with zero attached hydrogens (tertiary/aromatic N) is 2. The third kappa shape index (κ3) is 9.48. The van der Waals surface area contributed by atoms with Gasteiger partial charge >= 0.3 is 6.03 Å². The molecule has 3 aliphatic carbocycles. The van der Waals surface area contributed by atoms with Crippen LogP contribution in [0.15, 0.2) is 0 Å². The molecule has 0 aromatic heterocycles. The van der Waals surface area contributed by atoms with Crippen LogP contribution in [-0.2, 0) is 29.2 Å². The minimum Gasteiger partial charge on any atom is -0.347 e. The number of hydrogen-bond acceptors (Lipinski definition) is 7. The highest BCUT2D eigenvalue weighted by Gasteiger charge is 2.48. The highest BCUT2D eigenvalue weighted by atomic mass is 32.2. The molecule has 4 fully saturated rings. The van der Waals surface area contributed by atoms with Gasteiger partial charge in [0.25, 0.3) is 5.91 Å². The number of Topliss-reactive ketones (excluding diaryl/α,β-unsaturated/α-hetero) is 1. The van der Waals surface area contributed by atoms with Crippen molar-refractivity contribution >= 4 is 39.6 Å². The summed E-state index contributed by atoms with van der Waals surface area (Å²) in [7, 11) is -3.73. The fourth-order valence-electron chi connectivity index (χ4n) is 8.11. The first kappa shape index (κ1) is 38.1. The van der Waals surface area contributed by atoms with E-state index < -0.39 is 63.2 Å². The smallest absolute Gasteiger partial charge is 0.315 e. The summed E-state index contributed by atoms with van der Waals surface area (Å²) in [6, 6.07) is -2.79. The molecule has 0 radical (unpaired) electrons. The van der Waals surface area contributed by atoms with Gasteiger partial charge in [-0.25, -0.2) is 13.2 Å². The minimum absolute atomic E-state index is 0.0232. The first-order valence-electron chi connectivity index (χ1n) is 18.1. The number of carbonyl (C=O) groups excluding carboxylic acids is 5. The van der Waals surface area contributed by atoms with Crippen molar-refractivity contribution in [1.82, 2.24) is 30.5 Å². The van der Waals surface area contributed by atoms with Gasteiger partial charge in [-0.15, -0.1) is 0 Å². The molecule has 3 saturated carbocycles. The van der Waals surface area contributed by atoms with Crippen LogP contribution in [0.4, 0.5) is 4.79 Å². The molecule has 1 heterocycles. The van der Waals surface area contributed by atoms with E-state index in [2.05, 4.69) is 21.3 Å². The minimum atomic E-state index is -3.73. The zero-order chi connectivity index (χ0) is 35.3. The van der Waals surface area contributed by atoms with Crippen LogP contribution in [0.5, 0.6) is 0 Å². The van der Waals surface area contributed by atoms with E-state index in [0.29, 0.717) is 32.2 Å². The van der Waals surface area contributed by atoms with E-state index in [1.54, 1.807) is 0 Å². The SMILES string of the molecule is CC(C)N(C(C)C)S(=O)(=O)CC1(NC(=O)N[C@H](C(=O)N2CCC[C@H]2C(=O)NCC(=O)C(=O)NC2CC2)C2(C)CCCCC2)CCCCC1. The Bertz CT molecular complexity index is 1290. The lowest BCUT2D eigenvalue weighted by molar-refractivity contribution is -0.143. The van der Waals surface area contributed by atoms with E-state index in [-0.39, 0.29) is 29.8 Å². The normalized spacial score (nSPS) is 23.1. The molecule has 272 valence electrons. The van der Waals surface area contributed by atoms with Crippen LogP contribution in [0.25, 0.3) is 0 Å². The maximum atomic E-state index is 14.4. The molecule has 0 spiro atoms. The largest absolute Gasteiger partial charge is 0.347 e. The van der Waals surface area contributed by atoms with Gasteiger partial charge in [-0.05, 0) is 84.5 Å². The third-order valence-corrected chi connectivity index (χ3v) is 13.0.